The summed E-state index contributed by atoms with van der Waals surface area (Å²) in [4.78, 5) is 62.6. The maximum absolute atomic E-state index is 14.6. The fourth-order valence-corrected chi connectivity index (χ4v) is 6.98. The lowest BCUT2D eigenvalue weighted by Crippen LogP contribution is -2.58. The van der Waals surface area contributed by atoms with Crippen LogP contribution in [-0.2, 0) is 14.3 Å². The van der Waals surface area contributed by atoms with Crippen LogP contribution in [0.1, 0.15) is 62.6 Å². The average molecular weight is 764 g/mol. The molecule has 7 rings (SSSR count). The molecule has 0 saturated carbocycles. The van der Waals surface area contributed by atoms with Crippen molar-refractivity contribution in [3.63, 3.8) is 0 Å². The van der Waals surface area contributed by atoms with Crippen LogP contribution in [0.25, 0.3) is 22.0 Å². The van der Waals surface area contributed by atoms with E-state index >= 15 is 0 Å². The average Bonchev–Trinajstić information content (AvgIpc) is 3.25. The predicted octanol–water partition coefficient (Wildman–Crippen LogP) is 7.34. The van der Waals surface area contributed by atoms with Crippen molar-refractivity contribution in [1.29, 1.82) is 0 Å². The molecule has 0 fully saturated rings. The number of nitrogens with zero attached hydrogens (tertiary/aromatic N) is 2. The van der Waals surface area contributed by atoms with Gasteiger partial charge in [-0.05, 0) is 72.6 Å². The van der Waals surface area contributed by atoms with Crippen molar-refractivity contribution in [2.45, 2.75) is 38.0 Å². The normalized spacial score (nSPS) is 16.0. The van der Waals surface area contributed by atoms with Gasteiger partial charge in [-0.3, -0.25) is 14.4 Å². The van der Waals surface area contributed by atoms with Crippen molar-refractivity contribution < 1.29 is 38.5 Å². The summed E-state index contributed by atoms with van der Waals surface area (Å²) >= 11 is 0. The van der Waals surface area contributed by atoms with E-state index in [2.05, 4.69) is 10.3 Å². The first-order valence-corrected chi connectivity index (χ1v) is 18.8. The lowest BCUT2D eigenvalue weighted by atomic mass is 9.85. The van der Waals surface area contributed by atoms with E-state index in [0.717, 1.165) is 16.5 Å². The zero-order valence-electron chi connectivity index (χ0n) is 31.2. The van der Waals surface area contributed by atoms with Crippen LogP contribution in [0.2, 0.25) is 0 Å². The zero-order chi connectivity index (χ0) is 39.7. The number of hydrogen-bond donors (Lipinski definition) is 2. The molecule has 6 aromatic rings. The minimum Gasteiger partial charge on any atom is -0.493 e. The van der Waals surface area contributed by atoms with Crippen LogP contribution in [0.15, 0.2) is 140 Å². The lowest BCUT2D eigenvalue weighted by Gasteiger charge is -2.45. The topological polar surface area (TPSA) is 144 Å². The highest BCUT2D eigenvalue weighted by molar-refractivity contribution is 6.08. The number of aromatic nitrogens is 1. The van der Waals surface area contributed by atoms with Crippen LogP contribution in [-0.4, -0.2) is 65.8 Å². The van der Waals surface area contributed by atoms with Gasteiger partial charge in [0.15, 0.2) is 0 Å². The van der Waals surface area contributed by atoms with Crippen LogP contribution in [0.4, 0.5) is 5.69 Å². The Kier molecular flexibility index (Phi) is 12.0. The molecular weight excluding hydrogens is 723 g/mol. The summed E-state index contributed by atoms with van der Waals surface area (Å²) < 4.78 is 17.8. The van der Waals surface area contributed by atoms with Crippen LogP contribution in [0, 0.1) is 0 Å². The summed E-state index contributed by atoms with van der Waals surface area (Å²) in [6, 6.07) is 38.7. The predicted molar refractivity (Wildman–Crippen MR) is 215 cm³/mol. The van der Waals surface area contributed by atoms with Gasteiger partial charge in [0.1, 0.15) is 17.5 Å². The molecule has 0 radical (unpaired) electrons. The molecule has 0 aliphatic carbocycles. The number of rotatable bonds is 13. The minimum atomic E-state index is -1.33. The molecule has 288 valence electrons. The third kappa shape index (κ3) is 8.69. The number of nitrogens with one attached hydrogen (secondary N) is 1. The van der Waals surface area contributed by atoms with Gasteiger partial charge in [-0.25, -0.2) is 9.78 Å². The molecule has 2 heterocycles. The van der Waals surface area contributed by atoms with E-state index in [9.17, 15) is 24.3 Å². The fourth-order valence-electron chi connectivity index (χ4n) is 6.98. The van der Waals surface area contributed by atoms with Crippen molar-refractivity contribution in [2.75, 3.05) is 24.7 Å². The number of benzene rings is 5. The molecule has 2 amide bonds. The molecule has 0 unspecified atom stereocenters. The molecule has 3 atom stereocenters. The van der Waals surface area contributed by atoms with Gasteiger partial charge in [0.25, 0.3) is 11.8 Å². The third-order valence-corrected chi connectivity index (χ3v) is 9.71. The molecule has 5 aromatic carbocycles. The number of carbonyl (C=O) groups excluding carboxylic acids is 4. The molecule has 1 aliphatic rings. The monoisotopic (exact) mass is 763 g/mol. The first kappa shape index (κ1) is 38.4. The van der Waals surface area contributed by atoms with Crippen molar-refractivity contribution in [3.05, 3.63) is 162 Å². The quantitative estimate of drug-likeness (QED) is 0.0912. The van der Waals surface area contributed by atoms with E-state index in [1.807, 2.05) is 60.7 Å². The van der Waals surface area contributed by atoms with E-state index in [1.165, 1.54) is 4.90 Å². The number of hydrogen-bond acceptors (Lipinski definition) is 9. The van der Waals surface area contributed by atoms with Crippen molar-refractivity contribution in [1.82, 2.24) is 10.3 Å². The number of aliphatic hydroxyl groups excluding tert-OH is 1. The van der Waals surface area contributed by atoms with Gasteiger partial charge < -0.3 is 29.5 Å². The summed E-state index contributed by atoms with van der Waals surface area (Å²) in [7, 11) is 0. The molecule has 1 aromatic heterocycles. The van der Waals surface area contributed by atoms with E-state index in [-0.39, 0.29) is 37.5 Å². The number of para-hydroxylation sites is 1. The van der Waals surface area contributed by atoms with E-state index in [1.54, 1.807) is 85.8 Å². The van der Waals surface area contributed by atoms with Crippen molar-refractivity contribution >= 4 is 40.3 Å². The molecule has 0 saturated heterocycles. The van der Waals surface area contributed by atoms with Gasteiger partial charge in [-0.1, -0.05) is 84.9 Å². The van der Waals surface area contributed by atoms with Crippen LogP contribution >= 0.6 is 0 Å². The van der Waals surface area contributed by atoms with Crippen LogP contribution in [0.3, 0.4) is 0 Å². The zero-order valence-corrected chi connectivity index (χ0v) is 31.2. The standard InChI is InChI=1S/C46H41N3O8/c1-2-55-41(51)29-40-43(57-46(54)34-20-18-31(19-21-34)30-12-5-3-6-13-30)42(48-44(52)38-24-22-32-14-9-10-17-37(32)47-38)36-28-35(56-27-11-26-50)23-25-39(36)49(40)45(53)33-15-7-4-8-16-33/h3-10,12-25,28,40,42-43,50H,2,11,26-27,29H2,1H3,(H,48,52)/t40-,42-,43-/m0/s1. The summed E-state index contributed by atoms with van der Waals surface area (Å²) in [6.07, 6.45) is -1.33. The molecule has 1 aliphatic heterocycles. The van der Waals surface area contributed by atoms with Crippen LogP contribution in [0.5, 0.6) is 5.75 Å². The number of anilines is 1. The maximum Gasteiger partial charge on any atom is 0.338 e. The van der Waals surface area contributed by atoms with Gasteiger partial charge in [-0.15, -0.1) is 0 Å². The number of amides is 2. The van der Waals surface area contributed by atoms with E-state index in [0.29, 0.717) is 34.5 Å². The molecule has 57 heavy (non-hydrogen) atoms. The summed E-state index contributed by atoms with van der Waals surface area (Å²) in [5, 5.41) is 13.3. The second-order valence-electron chi connectivity index (χ2n) is 13.4. The van der Waals surface area contributed by atoms with E-state index in [4.69, 9.17) is 14.2 Å². The highest BCUT2D eigenvalue weighted by atomic mass is 16.5. The highest BCUT2D eigenvalue weighted by Gasteiger charge is 2.48. The number of esters is 2. The number of ether oxygens (including phenoxy) is 3. The Morgan fingerprint density at radius 2 is 1.47 bits per heavy atom. The highest BCUT2D eigenvalue weighted by Crippen LogP contribution is 2.43. The Morgan fingerprint density at radius 1 is 0.772 bits per heavy atom. The summed E-state index contributed by atoms with van der Waals surface area (Å²) in [5.41, 5.74) is 3.88. The van der Waals surface area contributed by atoms with Gasteiger partial charge in [0.05, 0.1) is 48.5 Å². The first-order valence-electron chi connectivity index (χ1n) is 18.8. The van der Waals surface area contributed by atoms with E-state index < -0.39 is 41.9 Å². The Hall–Kier alpha value is -6.85. The number of carbonyl (C=O) groups is 4. The molecule has 2 N–H and O–H groups in total. The molecule has 0 bridgehead atoms. The molecular formula is C46H41N3O8. The largest absolute Gasteiger partial charge is 0.493 e. The number of fused-ring (bicyclic) bond motifs is 2. The van der Waals surface area contributed by atoms with Crippen molar-refractivity contribution in [3.8, 4) is 16.9 Å². The summed E-state index contributed by atoms with van der Waals surface area (Å²) in [5.74, 6) is -2.01. The number of pyridine rings is 1. The Morgan fingerprint density at radius 3 is 2.21 bits per heavy atom. The number of aliphatic hydroxyl groups is 1. The fraction of sp³-hybridized carbons (Fsp3) is 0.196. The van der Waals surface area contributed by atoms with Gasteiger partial charge in [0, 0.05) is 29.5 Å². The smallest absolute Gasteiger partial charge is 0.338 e. The Bertz CT molecular complexity index is 2370. The van der Waals surface area contributed by atoms with Crippen molar-refractivity contribution in [2.24, 2.45) is 0 Å². The van der Waals surface area contributed by atoms with Gasteiger partial charge in [-0.2, -0.15) is 0 Å². The first-order chi connectivity index (χ1) is 27.8. The van der Waals surface area contributed by atoms with Crippen LogP contribution < -0.4 is 15.0 Å². The molecule has 0 spiro atoms. The van der Waals surface area contributed by atoms with Gasteiger partial charge >= 0.3 is 11.9 Å². The minimum absolute atomic E-state index is 0.0787. The Labute approximate surface area is 329 Å². The lowest BCUT2D eigenvalue weighted by molar-refractivity contribution is -0.144. The second-order valence-corrected chi connectivity index (χ2v) is 13.4. The Balaban J connectivity index is 1.36. The second kappa shape index (κ2) is 17.7. The molecule has 11 heteroatoms. The third-order valence-electron chi connectivity index (χ3n) is 9.71. The maximum atomic E-state index is 14.6. The summed E-state index contributed by atoms with van der Waals surface area (Å²) in [6.45, 7) is 1.87. The molecule has 11 nitrogen and oxygen atoms in total. The SMILES string of the molecule is CCOC(=O)C[C@H]1[C@H](OC(=O)c2ccc(-c3ccccc3)cc2)[C@@H](NC(=O)c2ccc3ccccc3n2)c2cc(OCCCO)ccc2N1C(=O)c1ccccc1. The van der Waals surface area contributed by atoms with Gasteiger partial charge in [0.2, 0.25) is 0 Å².